The van der Waals surface area contributed by atoms with Gasteiger partial charge >= 0.3 is 11.9 Å². The van der Waals surface area contributed by atoms with Crippen molar-refractivity contribution in [2.75, 3.05) is 20.3 Å². The highest BCUT2D eigenvalue weighted by Crippen LogP contribution is 2.70. The molecule has 0 bridgehead atoms. The molecule has 4 saturated carbocycles. The highest BCUT2D eigenvalue weighted by atomic mass is 16.7. The molecule has 0 aromatic heterocycles. The Balaban J connectivity index is 1.06. The first-order valence-corrected chi connectivity index (χ1v) is 19.3. The van der Waals surface area contributed by atoms with Crippen LogP contribution in [-0.2, 0) is 42.7 Å². The van der Waals surface area contributed by atoms with Gasteiger partial charge in [-0.15, -0.1) is 0 Å². The normalized spacial score (nSPS) is 52.5. The van der Waals surface area contributed by atoms with Crippen LogP contribution in [0.2, 0.25) is 0 Å². The molecular formula is C38H58O15. The summed E-state index contributed by atoms with van der Waals surface area (Å²) < 4.78 is 40.5. The summed E-state index contributed by atoms with van der Waals surface area (Å²) in [5, 5.41) is 66.6. The van der Waals surface area contributed by atoms with Gasteiger partial charge in [0.1, 0.15) is 55.4 Å². The van der Waals surface area contributed by atoms with E-state index in [1.807, 2.05) is 0 Å². The van der Waals surface area contributed by atoms with Crippen LogP contribution in [0.15, 0.2) is 11.6 Å². The molecule has 0 amide bonds. The average molecular weight is 755 g/mol. The molecule has 15 heteroatoms. The Labute approximate surface area is 309 Å². The van der Waals surface area contributed by atoms with Gasteiger partial charge in [-0.05, 0) is 81.1 Å². The Morgan fingerprint density at radius 1 is 0.906 bits per heavy atom. The lowest BCUT2D eigenvalue weighted by molar-refractivity contribution is -0.363. The van der Waals surface area contributed by atoms with Gasteiger partial charge in [0.05, 0.1) is 24.4 Å². The molecule has 0 aromatic carbocycles. The number of rotatable bonds is 8. The first-order valence-electron chi connectivity index (χ1n) is 19.3. The fourth-order valence-corrected chi connectivity index (χ4v) is 12.0. The van der Waals surface area contributed by atoms with Crippen LogP contribution >= 0.6 is 0 Å². The smallest absolute Gasteiger partial charge is 0.331 e. The van der Waals surface area contributed by atoms with Crippen molar-refractivity contribution >= 4 is 11.9 Å². The Morgan fingerprint density at radius 3 is 2.30 bits per heavy atom. The number of methoxy groups -OCH3 is 1. The number of esters is 2. The van der Waals surface area contributed by atoms with Gasteiger partial charge < -0.3 is 63.8 Å². The van der Waals surface area contributed by atoms with Crippen molar-refractivity contribution < 1.29 is 73.4 Å². The number of hydrogen-bond acceptors (Lipinski definition) is 15. The first-order chi connectivity index (χ1) is 25.1. The summed E-state index contributed by atoms with van der Waals surface area (Å²) in [6.07, 6.45) is -6.95. The number of carbonyl (C=O) groups excluding carboxylic acids is 2. The molecule has 19 atom stereocenters. The minimum absolute atomic E-state index is 0.0281. The predicted octanol–water partition coefficient (Wildman–Crippen LogP) is 0.476. The lowest BCUT2D eigenvalue weighted by atomic mass is 9.42. The second-order valence-corrected chi connectivity index (χ2v) is 17.2. The molecule has 6 fully saturated rings. The molecule has 53 heavy (non-hydrogen) atoms. The van der Waals surface area contributed by atoms with Crippen LogP contribution in [0, 0.1) is 34.5 Å². The van der Waals surface area contributed by atoms with Crippen molar-refractivity contribution in [1.82, 2.24) is 0 Å². The van der Waals surface area contributed by atoms with Crippen molar-refractivity contribution in [3.05, 3.63) is 11.6 Å². The average Bonchev–Trinajstić information content (AvgIpc) is 3.66. The fraction of sp³-hybridized carbons (Fsp3) is 0.895. The monoisotopic (exact) mass is 754 g/mol. The highest BCUT2D eigenvalue weighted by molar-refractivity contribution is 5.85. The predicted molar refractivity (Wildman–Crippen MR) is 181 cm³/mol. The lowest BCUT2D eigenvalue weighted by Crippen LogP contribution is -2.66. The highest BCUT2D eigenvalue weighted by Gasteiger charge is 2.69. The van der Waals surface area contributed by atoms with Crippen molar-refractivity contribution in [2.45, 2.75) is 158 Å². The van der Waals surface area contributed by atoms with Gasteiger partial charge in [0, 0.05) is 37.4 Å². The summed E-state index contributed by atoms with van der Waals surface area (Å²) in [4.78, 5) is 24.6. The number of hydrogen-bond donors (Lipinski definition) is 6. The van der Waals surface area contributed by atoms with Crippen LogP contribution in [0.4, 0.5) is 0 Å². The number of carbonyl (C=O) groups is 2. The summed E-state index contributed by atoms with van der Waals surface area (Å²) in [7, 11) is 1.33. The number of cyclic esters (lactones) is 1. The van der Waals surface area contributed by atoms with Gasteiger partial charge in [-0.3, -0.25) is 4.79 Å². The van der Waals surface area contributed by atoms with E-state index < -0.39 is 103 Å². The van der Waals surface area contributed by atoms with E-state index in [2.05, 4.69) is 13.8 Å². The molecule has 7 aliphatic rings. The van der Waals surface area contributed by atoms with Crippen molar-refractivity contribution in [2.24, 2.45) is 34.5 Å². The second kappa shape index (κ2) is 14.6. The van der Waals surface area contributed by atoms with E-state index in [4.69, 9.17) is 33.2 Å². The van der Waals surface area contributed by atoms with E-state index in [-0.39, 0.29) is 36.2 Å². The van der Waals surface area contributed by atoms with Gasteiger partial charge in [0.2, 0.25) is 0 Å². The minimum Gasteiger partial charge on any atom is -0.462 e. The van der Waals surface area contributed by atoms with Crippen LogP contribution in [-0.4, -0.2) is 142 Å². The van der Waals surface area contributed by atoms with Crippen molar-refractivity contribution in [1.29, 1.82) is 0 Å². The largest absolute Gasteiger partial charge is 0.462 e. The van der Waals surface area contributed by atoms with Gasteiger partial charge in [-0.1, -0.05) is 13.8 Å². The topological polar surface area (TPSA) is 220 Å². The number of ether oxygens (including phenoxy) is 7. The summed E-state index contributed by atoms with van der Waals surface area (Å²) in [5.41, 5.74) is -0.876. The summed E-state index contributed by atoms with van der Waals surface area (Å²) >= 11 is 0. The van der Waals surface area contributed by atoms with E-state index in [1.165, 1.54) is 14.0 Å². The van der Waals surface area contributed by atoms with Gasteiger partial charge in [0.25, 0.3) is 0 Å². The Kier molecular flexibility index (Phi) is 10.9. The molecule has 6 N–H and O–H groups in total. The van der Waals surface area contributed by atoms with E-state index >= 15 is 0 Å². The maximum atomic E-state index is 12.7. The molecule has 0 radical (unpaired) electrons. The maximum Gasteiger partial charge on any atom is 0.331 e. The molecule has 2 saturated heterocycles. The molecule has 300 valence electrons. The molecule has 19 unspecified atom stereocenters. The van der Waals surface area contributed by atoms with Crippen molar-refractivity contribution in [3.8, 4) is 0 Å². The third kappa shape index (κ3) is 6.39. The number of fused-ring (bicyclic) bond motifs is 5. The molecule has 15 nitrogen and oxygen atoms in total. The molecule has 4 aliphatic carbocycles. The van der Waals surface area contributed by atoms with Gasteiger partial charge in [-0.2, -0.15) is 0 Å². The molecule has 3 aliphatic heterocycles. The Morgan fingerprint density at radius 2 is 1.64 bits per heavy atom. The van der Waals surface area contributed by atoms with Gasteiger partial charge in [-0.25, -0.2) is 4.79 Å². The third-order valence-electron chi connectivity index (χ3n) is 14.8. The third-order valence-corrected chi connectivity index (χ3v) is 14.8. The van der Waals surface area contributed by atoms with Crippen LogP contribution in [0.1, 0.15) is 79.1 Å². The van der Waals surface area contributed by atoms with E-state index in [1.54, 1.807) is 13.0 Å². The van der Waals surface area contributed by atoms with Crippen LogP contribution in [0.5, 0.6) is 0 Å². The number of aliphatic hydroxyl groups is 6. The SMILES string of the molecule is COC1C(O)C(C)OC(OC2C(CO)OC(OC3CC4CCC5C(CCC6(C)C(C7=CC(=O)OC7)CCC56O)C4(C)C(OC(C)=O)C3)C(O)C2O)C1O. The maximum absolute atomic E-state index is 12.7. The lowest BCUT2D eigenvalue weighted by Gasteiger charge is -2.65. The zero-order chi connectivity index (χ0) is 38.2. The molecule has 7 rings (SSSR count). The van der Waals surface area contributed by atoms with Crippen LogP contribution in [0.25, 0.3) is 0 Å². The van der Waals surface area contributed by atoms with Crippen molar-refractivity contribution in [3.63, 3.8) is 0 Å². The Bertz CT molecular complexity index is 1410. The summed E-state index contributed by atoms with van der Waals surface area (Å²) in [6, 6.07) is 0. The zero-order valence-electron chi connectivity index (χ0n) is 31.2. The number of aliphatic hydroxyl groups excluding tert-OH is 5. The second-order valence-electron chi connectivity index (χ2n) is 17.2. The molecular weight excluding hydrogens is 696 g/mol. The summed E-state index contributed by atoms with van der Waals surface area (Å²) in [5.74, 6) is -0.609. The van der Waals surface area contributed by atoms with E-state index in [0.29, 0.717) is 19.3 Å². The standard InChI is InChI=1S/C38H58O15/c1-17-28(42)33(47-5)31(45)35(49-17)53-32-25(15-39)52-34(30(44)29(32)43)51-21-13-20-6-7-24-23(37(20,4)26(14-21)50-18(2)40)8-10-36(3)22(9-11-38(24,36)46)19-12-27(41)48-16-19/h12,17,20-26,28-35,39,42-46H,6-11,13-16H2,1-5H3. The van der Waals surface area contributed by atoms with Gasteiger partial charge in [0.15, 0.2) is 12.6 Å². The van der Waals surface area contributed by atoms with E-state index in [0.717, 1.165) is 37.7 Å². The van der Waals surface area contributed by atoms with E-state index in [9.17, 15) is 40.2 Å². The minimum atomic E-state index is -1.62. The summed E-state index contributed by atoms with van der Waals surface area (Å²) in [6.45, 7) is 6.96. The zero-order valence-corrected chi connectivity index (χ0v) is 31.2. The molecule has 0 aromatic rings. The molecule has 0 spiro atoms. The molecule has 3 heterocycles. The quantitative estimate of drug-likeness (QED) is 0.147. The van der Waals surface area contributed by atoms with Crippen LogP contribution < -0.4 is 0 Å². The Hall–Kier alpha value is -1.76. The van der Waals surface area contributed by atoms with Crippen LogP contribution in [0.3, 0.4) is 0 Å². The first kappa shape index (κ1) is 39.5. The fourth-order valence-electron chi connectivity index (χ4n) is 12.0.